The molecule has 2 saturated heterocycles. The SMILES string of the molecule is O=C(O)c1ccc(CN2C3CCC2CC(O)C3)cc1F. The fourth-order valence-electron chi connectivity index (χ4n) is 3.54. The first-order valence-corrected chi connectivity index (χ1v) is 7.00. The highest BCUT2D eigenvalue weighted by atomic mass is 19.1. The zero-order valence-corrected chi connectivity index (χ0v) is 11.1. The van der Waals surface area contributed by atoms with E-state index in [9.17, 15) is 14.3 Å². The largest absolute Gasteiger partial charge is 0.478 e. The van der Waals surface area contributed by atoms with Crippen molar-refractivity contribution >= 4 is 5.97 Å². The Labute approximate surface area is 116 Å². The number of rotatable bonds is 3. The molecule has 2 aliphatic heterocycles. The molecule has 1 aromatic carbocycles. The smallest absolute Gasteiger partial charge is 0.338 e. The van der Waals surface area contributed by atoms with Crippen LogP contribution in [0.1, 0.15) is 41.6 Å². The summed E-state index contributed by atoms with van der Waals surface area (Å²) in [7, 11) is 0. The van der Waals surface area contributed by atoms with E-state index in [-0.39, 0.29) is 11.7 Å². The van der Waals surface area contributed by atoms with Crippen LogP contribution in [0.3, 0.4) is 0 Å². The maximum Gasteiger partial charge on any atom is 0.338 e. The van der Waals surface area contributed by atoms with E-state index in [2.05, 4.69) is 4.90 Å². The maximum atomic E-state index is 13.7. The number of benzene rings is 1. The van der Waals surface area contributed by atoms with Crippen LogP contribution in [0.5, 0.6) is 0 Å². The van der Waals surface area contributed by atoms with Crippen molar-refractivity contribution in [3.8, 4) is 0 Å². The Morgan fingerprint density at radius 3 is 2.50 bits per heavy atom. The number of aliphatic hydroxyl groups is 1. The average molecular weight is 279 g/mol. The number of hydrogen-bond donors (Lipinski definition) is 2. The van der Waals surface area contributed by atoms with Crippen LogP contribution in [-0.2, 0) is 6.54 Å². The summed E-state index contributed by atoms with van der Waals surface area (Å²) in [6.07, 6.45) is 3.52. The van der Waals surface area contributed by atoms with Crippen molar-refractivity contribution in [2.24, 2.45) is 0 Å². The third kappa shape index (κ3) is 2.43. The molecule has 20 heavy (non-hydrogen) atoms. The molecule has 2 N–H and O–H groups in total. The zero-order chi connectivity index (χ0) is 14.3. The summed E-state index contributed by atoms with van der Waals surface area (Å²) >= 11 is 0. The second-order valence-electron chi connectivity index (χ2n) is 5.80. The van der Waals surface area contributed by atoms with E-state index in [1.165, 1.54) is 12.1 Å². The number of carboxylic acid groups (broad SMARTS) is 1. The first kappa shape index (κ1) is 13.5. The molecule has 108 valence electrons. The van der Waals surface area contributed by atoms with Crippen molar-refractivity contribution in [2.75, 3.05) is 0 Å². The summed E-state index contributed by atoms with van der Waals surface area (Å²) in [5, 5.41) is 18.6. The minimum absolute atomic E-state index is 0.213. The Kier molecular flexibility index (Phi) is 3.48. The van der Waals surface area contributed by atoms with Crippen LogP contribution in [-0.4, -0.2) is 39.3 Å². The number of aromatic carboxylic acids is 1. The Bertz CT molecular complexity index is 520. The van der Waals surface area contributed by atoms with Gasteiger partial charge in [0, 0.05) is 18.6 Å². The zero-order valence-electron chi connectivity index (χ0n) is 11.1. The molecule has 0 saturated carbocycles. The predicted molar refractivity (Wildman–Crippen MR) is 71.0 cm³/mol. The van der Waals surface area contributed by atoms with E-state index < -0.39 is 11.8 Å². The summed E-state index contributed by atoms with van der Waals surface area (Å²) in [5.74, 6) is -1.92. The molecule has 3 rings (SSSR count). The molecule has 0 aliphatic carbocycles. The molecule has 0 spiro atoms. The van der Waals surface area contributed by atoms with Crippen LogP contribution in [0.2, 0.25) is 0 Å². The highest BCUT2D eigenvalue weighted by molar-refractivity contribution is 5.87. The van der Waals surface area contributed by atoms with Gasteiger partial charge in [-0.2, -0.15) is 0 Å². The number of carbonyl (C=O) groups is 1. The van der Waals surface area contributed by atoms with Crippen molar-refractivity contribution in [3.63, 3.8) is 0 Å². The van der Waals surface area contributed by atoms with Crippen molar-refractivity contribution in [2.45, 2.75) is 50.4 Å². The second-order valence-corrected chi connectivity index (χ2v) is 5.80. The molecule has 0 amide bonds. The van der Waals surface area contributed by atoms with Gasteiger partial charge in [-0.1, -0.05) is 6.07 Å². The summed E-state index contributed by atoms with van der Waals surface area (Å²) in [6.45, 7) is 0.624. The van der Waals surface area contributed by atoms with Crippen LogP contribution in [0.15, 0.2) is 18.2 Å². The first-order valence-electron chi connectivity index (χ1n) is 7.00. The highest BCUT2D eigenvalue weighted by Crippen LogP contribution is 2.36. The molecule has 5 heteroatoms. The number of fused-ring (bicyclic) bond motifs is 2. The predicted octanol–water partition coefficient (Wildman–Crippen LogP) is 2.01. The lowest BCUT2D eigenvalue weighted by atomic mass is 9.99. The average Bonchev–Trinajstić information content (AvgIpc) is 2.62. The van der Waals surface area contributed by atoms with Gasteiger partial charge in [0.2, 0.25) is 0 Å². The molecule has 0 radical (unpaired) electrons. The highest BCUT2D eigenvalue weighted by Gasteiger charge is 2.39. The molecular weight excluding hydrogens is 261 g/mol. The number of carboxylic acids is 1. The summed E-state index contributed by atoms with van der Waals surface area (Å²) < 4.78 is 13.7. The fourth-order valence-corrected chi connectivity index (χ4v) is 3.54. The lowest BCUT2D eigenvalue weighted by Gasteiger charge is -2.37. The van der Waals surface area contributed by atoms with Gasteiger partial charge in [-0.3, -0.25) is 4.90 Å². The molecular formula is C15H18FNO3. The number of nitrogens with zero attached hydrogens (tertiary/aromatic N) is 1. The third-order valence-corrected chi connectivity index (χ3v) is 4.49. The normalized spacial score (nSPS) is 29.6. The van der Waals surface area contributed by atoms with E-state index in [1.54, 1.807) is 6.07 Å². The van der Waals surface area contributed by atoms with Crippen molar-refractivity contribution in [1.82, 2.24) is 4.90 Å². The van der Waals surface area contributed by atoms with E-state index in [0.29, 0.717) is 18.6 Å². The van der Waals surface area contributed by atoms with Gasteiger partial charge in [-0.25, -0.2) is 9.18 Å². The Balaban J connectivity index is 1.76. The van der Waals surface area contributed by atoms with E-state index >= 15 is 0 Å². The molecule has 2 unspecified atom stereocenters. The number of halogens is 1. The van der Waals surface area contributed by atoms with Crippen LogP contribution < -0.4 is 0 Å². The molecule has 1 aromatic rings. The Morgan fingerprint density at radius 2 is 1.95 bits per heavy atom. The molecule has 2 heterocycles. The lowest BCUT2D eigenvalue weighted by molar-refractivity contribution is 0.0309. The number of hydrogen-bond acceptors (Lipinski definition) is 3. The van der Waals surface area contributed by atoms with Crippen LogP contribution in [0, 0.1) is 5.82 Å². The maximum absolute atomic E-state index is 13.7. The first-order chi connectivity index (χ1) is 9.54. The van der Waals surface area contributed by atoms with E-state index in [0.717, 1.165) is 31.2 Å². The molecule has 0 aromatic heterocycles. The minimum Gasteiger partial charge on any atom is -0.478 e. The van der Waals surface area contributed by atoms with Crippen LogP contribution in [0.25, 0.3) is 0 Å². The van der Waals surface area contributed by atoms with Gasteiger partial charge < -0.3 is 10.2 Å². The van der Waals surface area contributed by atoms with Gasteiger partial charge in [0.05, 0.1) is 11.7 Å². The van der Waals surface area contributed by atoms with Gasteiger partial charge in [0.1, 0.15) is 5.82 Å². The van der Waals surface area contributed by atoms with Gasteiger partial charge >= 0.3 is 5.97 Å². The Morgan fingerprint density at radius 1 is 1.30 bits per heavy atom. The second kappa shape index (κ2) is 5.14. The van der Waals surface area contributed by atoms with Crippen molar-refractivity contribution in [1.29, 1.82) is 0 Å². The third-order valence-electron chi connectivity index (χ3n) is 4.49. The monoisotopic (exact) mass is 279 g/mol. The van der Waals surface area contributed by atoms with E-state index in [4.69, 9.17) is 5.11 Å². The summed E-state index contributed by atoms with van der Waals surface area (Å²) in [5.41, 5.74) is 0.506. The van der Waals surface area contributed by atoms with Crippen LogP contribution >= 0.6 is 0 Å². The molecule has 4 nitrogen and oxygen atoms in total. The quantitative estimate of drug-likeness (QED) is 0.888. The standard InChI is InChI=1S/C15H18FNO3/c16-14-5-9(1-4-13(14)15(19)20)8-17-10-2-3-11(17)7-12(18)6-10/h1,4-5,10-12,18H,2-3,6-8H2,(H,19,20). The van der Waals surface area contributed by atoms with Gasteiger partial charge in [-0.15, -0.1) is 0 Å². The van der Waals surface area contributed by atoms with Gasteiger partial charge in [-0.05, 0) is 43.4 Å². The molecule has 2 aliphatic rings. The Hall–Kier alpha value is -1.46. The molecule has 2 bridgehead atoms. The van der Waals surface area contributed by atoms with Crippen molar-refractivity contribution in [3.05, 3.63) is 35.1 Å². The summed E-state index contributed by atoms with van der Waals surface area (Å²) in [4.78, 5) is 13.1. The fraction of sp³-hybridized carbons (Fsp3) is 0.533. The lowest BCUT2D eigenvalue weighted by Crippen LogP contribution is -2.44. The minimum atomic E-state index is -1.24. The molecule has 2 atom stereocenters. The molecule has 2 fully saturated rings. The topological polar surface area (TPSA) is 60.8 Å². The number of piperidine rings is 1. The number of aliphatic hydroxyl groups excluding tert-OH is 1. The van der Waals surface area contributed by atoms with Gasteiger partial charge in [0.15, 0.2) is 0 Å². The van der Waals surface area contributed by atoms with Gasteiger partial charge in [0.25, 0.3) is 0 Å². The summed E-state index contributed by atoms with van der Waals surface area (Å²) in [6, 6.07) is 5.05. The van der Waals surface area contributed by atoms with Crippen molar-refractivity contribution < 1.29 is 19.4 Å². The van der Waals surface area contributed by atoms with Crippen LogP contribution in [0.4, 0.5) is 4.39 Å². The van der Waals surface area contributed by atoms with E-state index in [1.807, 2.05) is 0 Å².